The summed E-state index contributed by atoms with van der Waals surface area (Å²) in [7, 11) is 0. The van der Waals surface area contributed by atoms with Crippen LogP contribution in [0.5, 0.6) is 0 Å². The lowest BCUT2D eigenvalue weighted by atomic mass is 10.1. The summed E-state index contributed by atoms with van der Waals surface area (Å²) in [6.45, 7) is 3.57. The summed E-state index contributed by atoms with van der Waals surface area (Å²) in [6, 6.07) is 28.0. The van der Waals surface area contributed by atoms with Crippen LogP contribution in [-0.2, 0) is 4.79 Å². The van der Waals surface area contributed by atoms with Crippen LogP contribution in [0, 0.1) is 6.92 Å². The van der Waals surface area contributed by atoms with Gasteiger partial charge in [0.15, 0.2) is 5.82 Å². The second kappa shape index (κ2) is 8.07. The predicted molar refractivity (Wildman–Crippen MR) is 117 cm³/mol. The average Bonchev–Trinajstić information content (AvgIpc) is 2.75. The van der Waals surface area contributed by atoms with Crippen LogP contribution in [0.15, 0.2) is 84.9 Å². The van der Waals surface area contributed by atoms with Gasteiger partial charge in [-0.05, 0) is 25.1 Å². The maximum absolute atomic E-state index is 11.3. The molecule has 4 rings (SSSR count). The van der Waals surface area contributed by atoms with Gasteiger partial charge in [-0.1, -0.05) is 72.3 Å². The summed E-state index contributed by atoms with van der Waals surface area (Å²) in [5.41, 5.74) is 6.66. The highest BCUT2D eigenvalue weighted by molar-refractivity contribution is 5.89. The summed E-state index contributed by atoms with van der Waals surface area (Å²) in [6.07, 6.45) is 0. The van der Waals surface area contributed by atoms with Crippen LogP contribution in [0.4, 0.5) is 5.69 Å². The molecule has 0 aliphatic carbocycles. The zero-order valence-electron chi connectivity index (χ0n) is 16.4. The van der Waals surface area contributed by atoms with Gasteiger partial charge in [-0.2, -0.15) is 0 Å². The fourth-order valence-electron chi connectivity index (χ4n) is 3.11. The average molecular weight is 379 g/mol. The third-order valence-corrected chi connectivity index (χ3v) is 4.61. The highest BCUT2D eigenvalue weighted by Gasteiger charge is 2.10. The first kappa shape index (κ1) is 18.6. The summed E-state index contributed by atoms with van der Waals surface area (Å²) in [4.78, 5) is 20.9. The molecule has 3 aromatic carbocycles. The van der Waals surface area contributed by atoms with Gasteiger partial charge in [0.25, 0.3) is 0 Å². The van der Waals surface area contributed by atoms with E-state index in [-0.39, 0.29) is 5.91 Å². The number of anilines is 1. The van der Waals surface area contributed by atoms with Gasteiger partial charge in [0.2, 0.25) is 5.91 Å². The topological polar surface area (TPSA) is 54.9 Å². The molecule has 4 nitrogen and oxygen atoms in total. The number of aromatic nitrogens is 2. The highest BCUT2D eigenvalue weighted by atomic mass is 16.1. The lowest BCUT2D eigenvalue weighted by Crippen LogP contribution is -2.05. The van der Waals surface area contributed by atoms with Gasteiger partial charge >= 0.3 is 0 Å². The highest BCUT2D eigenvalue weighted by Crippen LogP contribution is 2.28. The molecule has 4 heteroatoms. The Balaban J connectivity index is 1.81. The molecule has 0 saturated carbocycles. The second-order valence-corrected chi connectivity index (χ2v) is 6.95. The number of aryl methyl sites for hydroxylation is 1. The molecular weight excluding hydrogens is 358 g/mol. The minimum absolute atomic E-state index is 0.0900. The summed E-state index contributed by atoms with van der Waals surface area (Å²) in [5.74, 6) is 0.595. The minimum Gasteiger partial charge on any atom is -0.326 e. The maximum atomic E-state index is 11.3. The fourth-order valence-corrected chi connectivity index (χ4v) is 3.11. The fraction of sp³-hybridized carbons (Fsp3) is 0.0800. The molecule has 1 aromatic heterocycles. The van der Waals surface area contributed by atoms with E-state index >= 15 is 0 Å². The number of hydrogen-bond acceptors (Lipinski definition) is 3. The molecule has 142 valence electrons. The van der Waals surface area contributed by atoms with E-state index in [1.54, 1.807) is 0 Å². The summed E-state index contributed by atoms with van der Waals surface area (Å²) >= 11 is 0. The van der Waals surface area contributed by atoms with Crippen molar-refractivity contribution in [3.63, 3.8) is 0 Å². The molecule has 0 spiro atoms. The molecule has 0 radical (unpaired) electrons. The van der Waals surface area contributed by atoms with Crippen molar-refractivity contribution in [2.24, 2.45) is 0 Å². The normalized spacial score (nSPS) is 10.6. The Kier molecular flexibility index (Phi) is 5.16. The Bertz CT molecular complexity index is 1140. The number of carbonyl (C=O) groups is 1. The van der Waals surface area contributed by atoms with Gasteiger partial charge in [-0.25, -0.2) is 9.97 Å². The standard InChI is InChI=1S/C25H21N3O/c1-17-8-10-19(11-9-17)23-16-24(20-12-14-22(15-13-20)26-18(2)29)28-25(27-23)21-6-4-3-5-7-21/h3-16H,1-2H3,(H,26,29). The van der Waals surface area contributed by atoms with Crippen LogP contribution in [0.1, 0.15) is 12.5 Å². The van der Waals surface area contributed by atoms with E-state index < -0.39 is 0 Å². The van der Waals surface area contributed by atoms with Crippen LogP contribution in [-0.4, -0.2) is 15.9 Å². The molecule has 0 aliphatic rings. The van der Waals surface area contributed by atoms with Gasteiger partial charge < -0.3 is 5.32 Å². The Morgan fingerprint density at radius 3 is 1.83 bits per heavy atom. The van der Waals surface area contributed by atoms with Crippen molar-refractivity contribution in [3.05, 3.63) is 90.5 Å². The second-order valence-electron chi connectivity index (χ2n) is 6.95. The molecule has 0 fully saturated rings. The third-order valence-electron chi connectivity index (χ3n) is 4.61. The third kappa shape index (κ3) is 4.38. The van der Waals surface area contributed by atoms with Gasteiger partial charge in [-0.15, -0.1) is 0 Å². The van der Waals surface area contributed by atoms with Crippen molar-refractivity contribution in [3.8, 4) is 33.9 Å². The Hall–Kier alpha value is -3.79. The Labute approximate surface area is 170 Å². The van der Waals surface area contributed by atoms with E-state index in [4.69, 9.17) is 9.97 Å². The zero-order chi connectivity index (χ0) is 20.2. The first-order chi connectivity index (χ1) is 14.1. The summed E-state index contributed by atoms with van der Waals surface area (Å²) < 4.78 is 0. The van der Waals surface area contributed by atoms with Crippen molar-refractivity contribution in [2.75, 3.05) is 5.32 Å². The van der Waals surface area contributed by atoms with Crippen LogP contribution in [0.2, 0.25) is 0 Å². The lowest BCUT2D eigenvalue weighted by Gasteiger charge is -2.10. The van der Waals surface area contributed by atoms with Gasteiger partial charge in [0.05, 0.1) is 11.4 Å². The van der Waals surface area contributed by atoms with Crippen LogP contribution in [0.25, 0.3) is 33.9 Å². The van der Waals surface area contributed by atoms with Crippen molar-refractivity contribution < 1.29 is 4.79 Å². The van der Waals surface area contributed by atoms with E-state index in [0.717, 1.165) is 33.8 Å². The lowest BCUT2D eigenvalue weighted by molar-refractivity contribution is -0.114. The Morgan fingerprint density at radius 2 is 1.28 bits per heavy atom. The van der Waals surface area contributed by atoms with Crippen molar-refractivity contribution >= 4 is 11.6 Å². The van der Waals surface area contributed by atoms with Crippen LogP contribution >= 0.6 is 0 Å². The number of hydrogen-bond donors (Lipinski definition) is 1. The number of amides is 1. The first-order valence-corrected chi connectivity index (χ1v) is 9.48. The molecule has 0 aliphatic heterocycles. The quantitative estimate of drug-likeness (QED) is 0.491. The number of carbonyl (C=O) groups excluding carboxylic acids is 1. The van der Waals surface area contributed by atoms with E-state index in [1.165, 1.54) is 12.5 Å². The number of benzene rings is 3. The van der Waals surface area contributed by atoms with Crippen LogP contribution < -0.4 is 5.32 Å². The molecule has 0 unspecified atom stereocenters. The molecule has 1 amide bonds. The molecule has 0 bridgehead atoms. The molecule has 0 saturated heterocycles. The van der Waals surface area contributed by atoms with Gasteiger partial charge in [0.1, 0.15) is 0 Å². The number of nitrogens with zero attached hydrogens (tertiary/aromatic N) is 2. The van der Waals surface area contributed by atoms with E-state index in [9.17, 15) is 4.79 Å². The van der Waals surface area contributed by atoms with Crippen molar-refractivity contribution in [2.45, 2.75) is 13.8 Å². The molecule has 0 atom stereocenters. The number of rotatable bonds is 4. The maximum Gasteiger partial charge on any atom is 0.221 e. The predicted octanol–water partition coefficient (Wildman–Crippen LogP) is 5.74. The van der Waals surface area contributed by atoms with E-state index in [0.29, 0.717) is 5.82 Å². The molecule has 1 N–H and O–H groups in total. The molecular formula is C25H21N3O. The Morgan fingerprint density at radius 1 is 0.724 bits per heavy atom. The minimum atomic E-state index is -0.0900. The van der Waals surface area contributed by atoms with Crippen LogP contribution in [0.3, 0.4) is 0 Å². The first-order valence-electron chi connectivity index (χ1n) is 9.48. The smallest absolute Gasteiger partial charge is 0.221 e. The SMILES string of the molecule is CC(=O)Nc1ccc(-c2cc(-c3ccc(C)cc3)nc(-c3ccccc3)n2)cc1. The number of nitrogens with one attached hydrogen (secondary N) is 1. The molecule has 1 heterocycles. The monoisotopic (exact) mass is 379 g/mol. The molecule has 29 heavy (non-hydrogen) atoms. The van der Waals surface area contributed by atoms with Crippen molar-refractivity contribution in [1.82, 2.24) is 9.97 Å². The largest absolute Gasteiger partial charge is 0.326 e. The van der Waals surface area contributed by atoms with Gasteiger partial charge in [0, 0.05) is 29.3 Å². The summed E-state index contributed by atoms with van der Waals surface area (Å²) in [5, 5.41) is 2.79. The molecule has 4 aromatic rings. The van der Waals surface area contributed by atoms with E-state index in [1.807, 2.05) is 60.7 Å². The van der Waals surface area contributed by atoms with E-state index in [2.05, 4.69) is 36.5 Å². The van der Waals surface area contributed by atoms with Crippen molar-refractivity contribution in [1.29, 1.82) is 0 Å². The van der Waals surface area contributed by atoms with Gasteiger partial charge in [-0.3, -0.25) is 4.79 Å². The zero-order valence-corrected chi connectivity index (χ0v) is 16.4.